The van der Waals surface area contributed by atoms with Crippen molar-refractivity contribution in [3.05, 3.63) is 5.69 Å². The number of fused-ring (bicyclic) bond motifs is 1. The van der Waals surface area contributed by atoms with Gasteiger partial charge in [0.15, 0.2) is 5.65 Å². The Morgan fingerprint density at radius 3 is 2.40 bits per heavy atom. The molecule has 5 nitrogen and oxygen atoms in total. The van der Waals surface area contributed by atoms with Crippen LogP contribution in [0.1, 0.15) is 58.7 Å². The van der Waals surface area contributed by atoms with E-state index >= 15 is 0 Å². The molecule has 0 aliphatic heterocycles. The second-order valence-electron chi connectivity index (χ2n) is 5.65. The van der Waals surface area contributed by atoms with Gasteiger partial charge in [0.2, 0.25) is 5.95 Å². The molecule has 2 heterocycles. The molecule has 0 aliphatic rings. The summed E-state index contributed by atoms with van der Waals surface area (Å²) in [6.45, 7) is 8.87. The molecule has 112 valence electrons. The zero-order valence-electron chi connectivity index (χ0n) is 13.3. The van der Waals surface area contributed by atoms with Gasteiger partial charge in [-0.15, -0.1) is 0 Å². The van der Waals surface area contributed by atoms with Crippen LogP contribution < -0.4 is 5.73 Å². The van der Waals surface area contributed by atoms with Gasteiger partial charge in [-0.1, -0.05) is 40.0 Å². The first-order valence-corrected chi connectivity index (χ1v) is 7.74. The third kappa shape index (κ3) is 2.30. The van der Waals surface area contributed by atoms with Gasteiger partial charge >= 0.3 is 0 Å². The van der Waals surface area contributed by atoms with Crippen LogP contribution in [0.25, 0.3) is 11.2 Å². The summed E-state index contributed by atoms with van der Waals surface area (Å²) in [6, 6.07) is 0.347. The van der Waals surface area contributed by atoms with E-state index in [1.165, 1.54) is 0 Å². The lowest BCUT2D eigenvalue weighted by molar-refractivity contribution is 0.339. The highest BCUT2D eigenvalue weighted by atomic mass is 15.4. The number of aryl methyl sites for hydroxylation is 2. The second-order valence-corrected chi connectivity index (χ2v) is 5.65. The molecule has 2 rings (SSSR count). The minimum absolute atomic E-state index is 0.347. The van der Waals surface area contributed by atoms with E-state index in [1.54, 1.807) is 0 Å². The summed E-state index contributed by atoms with van der Waals surface area (Å²) < 4.78 is 4.10. The van der Waals surface area contributed by atoms with Gasteiger partial charge in [0, 0.05) is 13.1 Å². The normalized spacial score (nSPS) is 13.5. The van der Waals surface area contributed by atoms with Gasteiger partial charge in [0.05, 0.1) is 5.69 Å². The summed E-state index contributed by atoms with van der Waals surface area (Å²) >= 11 is 0. The number of rotatable bonds is 6. The summed E-state index contributed by atoms with van der Waals surface area (Å²) in [5.41, 5.74) is 9.29. The van der Waals surface area contributed by atoms with E-state index in [0.29, 0.717) is 17.9 Å². The van der Waals surface area contributed by atoms with Gasteiger partial charge in [0.1, 0.15) is 5.52 Å². The Morgan fingerprint density at radius 1 is 1.20 bits per heavy atom. The van der Waals surface area contributed by atoms with E-state index in [2.05, 4.69) is 42.3 Å². The third-order valence-corrected chi connectivity index (χ3v) is 4.39. The van der Waals surface area contributed by atoms with Crippen LogP contribution in [0.4, 0.5) is 5.95 Å². The highest BCUT2D eigenvalue weighted by Gasteiger charge is 2.24. The lowest BCUT2D eigenvalue weighted by Crippen LogP contribution is -2.18. The van der Waals surface area contributed by atoms with Crippen LogP contribution in [-0.2, 0) is 13.5 Å². The molecule has 20 heavy (non-hydrogen) atoms. The highest BCUT2D eigenvalue weighted by molar-refractivity contribution is 5.78. The van der Waals surface area contributed by atoms with Crippen molar-refractivity contribution in [3.8, 4) is 0 Å². The fraction of sp³-hybridized carbons (Fsp3) is 0.733. The molecule has 0 spiro atoms. The minimum Gasteiger partial charge on any atom is -0.369 e. The topological polar surface area (TPSA) is 61.7 Å². The Kier molecular flexibility index (Phi) is 4.35. The molecule has 0 fully saturated rings. The summed E-state index contributed by atoms with van der Waals surface area (Å²) in [6.07, 6.45) is 4.32. The van der Waals surface area contributed by atoms with Gasteiger partial charge < -0.3 is 5.73 Å². The van der Waals surface area contributed by atoms with Gasteiger partial charge in [0.25, 0.3) is 0 Å². The van der Waals surface area contributed by atoms with Crippen molar-refractivity contribution < 1.29 is 0 Å². The molecule has 2 N–H and O–H groups in total. The smallest absolute Gasteiger partial charge is 0.202 e. The predicted octanol–water partition coefficient (Wildman–Crippen LogP) is 3.30. The quantitative estimate of drug-likeness (QED) is 0.881. The van der Waals surface area contributed by atoms with E-state index in [-0.39, 0.29) is 0 Å². The summed E-state index contributed by atoms with van der Waals surface area (Å²) in [5, 5.41) is 4.61. The molecule has 0 saturated carbocycles. The Balaban J connectivity index is 2.56. The van der Waals surface area contributed by atoms with Crippen molar-refractivity contribution in [2.24, 2.45) is 13.0 Å². The maximum atomic E-state index is 6.19. The third-order valence-electron chi connectivity index (χ3n) is 4.39. The van der Waals surface area contributed by atoms with Crippen molar-refractivity contribution in [3.63, 3.8) is 0 Å². The molecule has 0 saturated heterocycles. The van der Waals surface area contributed by atoms with E-state index in [0.717, 1.165) is 42.5 Å². The van der Waals surface area contributed by atoms with Crippen LogP contribution in [0.3, 0.4) is 0 Å². The number of anilines is 1. The maximum absolute atomic E-state index is 6.19. The first kappa shape index (κ1) is 14.9. The molecular weight excluding hydrogens is 250 g/mol. The Hall–Kier alpha value is -1.52. The number of nitrogens with two attached hydrogens (primary N) is 1. The van der Waals surface area contributed by atoms with Crippen molar-refractivity contribution in [2.75, 3.05) is 5.73 Å². The van der Waals surface area contributed by atoms with Crippen molar-refractivity contribution in [1.82, 2.24) is 19.3 Å². The minimum atomic E-state index is 0.347. The zero-order valence-corrected chi connectivity index (χ0v) is 13.3. The number of nitrogens with zero attached hydrogens (tertiary/aromatic N) is 4. The maximum Gasteiger partial charge on any atom is 0.202 e. The van der Waals surface area contributed by atoms with E-state index < -0.39 is 0 Å². The van der Waals surface area contributed by atoms with E-state index in [9.17, 15) is 0 Å². The SMILES string of the molecule is CCCc1nn(C)c2c1nc(N)n2C(C)C(CC)CC. The first-order valence-electron chi connectivity index (χ1n) is 7.74. The fourth-order valence-corrected chi connectivity index (χ4v) is 3.21. The zero-order chi connectivity index (χ0) is 14.9. The van der Waals surface area contributed by atoms with Crippen molar-refractivity contribution >= 4 is 17.1 Å². The molecule has 2 aromatic rings. The molecule has 0 bridgehead atoms. The van der Waals surface area contributed by atoms with Crippen LogP contribution in [0, 0.1) is 5.92 Å². The second kappa shape index (κ2) is 5.85. The number of imidazole rings is 1. The van der Waals surface area contributed by atoms with Gasteiger partial charge in [-0.05, 0) is 19.3 Å². The first-order chi connectivity index (χ1) is 9.54. The largest absolute Gasteiger partial charge is 0.369 e. The average molecular weight is 277 g/mol. The Labute approximate surface area is 121 Å². The molecule has 1 atom stereocenters. The number of aromatic nitrogens is 4. The fourth-order valence-electron chi connectivity index (χ4n) is 3.21. The lowest BCUT2D eigenvalue weighted by Gasteiger charge is -2.24. The monoisotopic (exact) mass is 277 g/mol. The molecule has 0 amide bonds. The summed E-state index contributed by atoms with van der Waals surface area (Å²) in [7, 11) is 1.98. The van der Waals surface area contributed by atoms with Gasteiger partial charge in [-0.3, -0.25) is 9.25 Å². The van der Waals surface area contributed by atoms with E-state index in [1.807, 2.05) is 11.7 Å². The Morgan fingerprint density at radius 2 is 1.85 bits per heavy atom. The number of nitrogen functional groups attached to an aromatic ring is 1. The van der Waals surface area contributed by atoms with Crippen LogP contribution >= 0.6 is 0 Å². The molecule has 0 radical (unpaired) electrons. The van der Waals surface area contributed by atoms with Crippen molar-refractivity contribution in [1.29, 1.82) is 0 Å². The van der Waals surface area contributed by atoms with Gasteiger partial charge in [-0.25, -0.2) is 4.98 Å². The van der Waals surface area contributed by atoms with E-state index in [4.69, 9.17) is 5.73 Å². The van der Waals surface area contributed by atoms with Crippen molar-refractivity contribution in [2.45, 2.75) is 59.4 Å². The predicted molar refractivity (Wildman–Crippen MR) is 83.7 cm³/mol. The average Bonchev–Trinajstić information content (AvgIpc) is 2.89. The van der Waals surface area contributed by atoms with Crippen LogP contribution in [0.2, 0.25) is 0 Å². The lowest BCUT2D eigenvalue weighted by atomic mass is 9.95. The molecule has 0 aliphatic carbocycles. The standard InChI is InChI=1S/C15H27N5/c1-6-9-12-13-14(19(5)18-12)20(15(16)17-13)10(4)11(7-2)8-3/h10-11H,6-9H2,1-5H3,(H2,16,17). The van der Waals surface area contributed by atoms with Crippen LogP contribution in [0.15, 0.2) is 0 Å². The number of hydrogen-bond donors (Lipinski definition) is 1. The molecule has 5 heteroatoms. The molecule has 1 unspecified atom stereocenters. The molecular formula is C15H27N5. The van der Waals surface area contributed by atoms with Crippen LogP contribution in [0.5, 0.6) is 0 Å². The Bertz CT molecular complexity index is 577. The number of hydrogen-bond acceptors (Lipinski definition) is 3. The molecule has 0 aromatic carbocycles. The molecule has 2 aromatic heterocycles. The summed E-state index contributed by atoms with van der Waals surface area (Å²) in [5.74, 6) is 1.23. The van der Waals surface area contributed by atoms with Crippen LogP contribution in [-0.4, -0.2) is 19.3 Å². The summed E-state index contributed by atoms with van der Waals surface area (Å²) in [4.78, 5) is 4.58. The highest BCUT2D eigenvalue weighted by Crippen LogP contribution is 2.31. The van der Waals surface area contributed by atoms with Gasteiger partial charge in [-0.2, -0.15) is 5.10 Å².